The van der Waals surface area contributed by atoms with Gasteiger partial charge in [0.15, 0.2) is 0 Å². The number of thiophene rings is 1. The van der Waals surface area contributed by atoms with E-state index in [2.05, 4.69) is 33.7 Å². The van der Waals surface area contributed by atoms with E-state index in [1.165, 1.54) is 5.56 Å². The number of fused-ring (bicyclic) bond motifs is 1. The van der Waals surface area contributed by atoms with Crippen LogP contribution in [0.2, 0.25) is 0 Å². The molecule has 1 amide bonds. The number of rotatable bonds is 4. The zero-order valence-electron chi connectivity index (χ0n) is 14.4. The van der Waals surface area contributed by atoms with E-state index in [4.69, 9.17) is 4.74 Å². The molecule has 0 aromatic carbocycles. The zero-order chi connectivity index (χ0) is 16.5. The summed E-state index contributed by atoms with van der Waals surface area (Å²) >= 11 is 1.76. The quantitative estimate of drug-likeness (QED) is 0.825. The highest BCUT2D eigenvalue weighted by atomic mass is 32.1. The monoisotopic (exact) mass is 349 g/mol. The molecule has 0 saturated carbocycles. The van der Waals surface area contributed by atoms with Crippen molar-refractivity contribution >= 4 is 17.2 Å². The number of amides is 1. The van der Waals surface area contributed by atoms with Gasteiger partial charge in [-0.1, -0.05) is 0 Å². The van der Waals surface area contributed by atoms with E-state index in [9.17, 15) is 4.79 Å². The number of piperazine rings is 1. The van der Waals surface area contributed by atoms with Gasteiger partial charge in [0, 0.05) is 51.7 Å². The third kappa shape index (κ3) is 3.67. The third-order valence-corrected chi connectivity index (χ3v) is 6.37. The minimum absolute atomic E-state index is 0.135. The third-order valence-electron chi connectivity index (χ3n) is 5.63. The second kappa shape index (κ2) is 7.12. The van der Waals surface area contributed by atoms with Crippen molar-refractivity contribution in [2.45, 2.75) is 31.6 Å². The van der Waals surface area contributed by atoms with Crippen molar-refractivity contribution in [3.63, 3.8) is 0 Å². The first-order valence-corrected chi connectivity index (χ1v) is 9.97. The molecular formula is C18H27N3O2S. The average molecular weight is 350 g/mol. The highest BCUT2D eigenvalue weighted by molar-refractivity contribution is 7.07. The Hall–Kier alpha value is -0.950. The highest BCUT2D eigenvalue weighted by Gasteiger charge is 2.42. The summed E-state index contributed by atoms with van der Waals surface area (Å²) in [5.74, 6) is 0.886. The molecule has 0 bridgehead atoms. The molecule has 24 heavy (non-hydrogen) atoms. The highest BCUT2D eigenvalue weighted by Crippen LogP contribution is 2.35. The Labute approximate surface area is 148 Å². The van der Waals surface area contributed by atoms with E-state index < -0.39 is 0 Å². The van der Waals surface area contributed by atoms with Crippen LogP contribution in [0.4, 0.5) is 0 Å². The van der Waals surface area contributed by atoms with Crippen LogP contribution in [0.1, 0.15) is 18.4 Å². The predicted octanol–water partition coefficient (Wildman–Crippen LogP) is 1.50. The molecule has 132 valence electrons. The summed E-state index contributed by atoms with van der Waals surface area (Å²) in [6.45, 7) is 6.86. The van der Waals surface area contributed by atoms with E-state index in [-0.39, 0.29) is 12.0 Å². The lowest BCUT2D eigenvalue weighted by Gasteiger charge is -2.33. The minimum Gasteiger partial charge on any atom is -0.373 e. The Bertz CT molecular complexity index is 543. The van der Waals surface area contributed by atoms with Gasteiger partial charge in [-0.15, -0.1) is 0 Å². The molecule has 3 aliphatic heterocycles. The maximum Gasteiger partial charge on any atom is 0.225 e. The fourth-order valence-corrected chi connectivity index (χ4v) is 4.89. The molecule has 1 aromatic rings. The Morgan fingerprint density at radius 3 is 2.83 bits per heavy atom. The van der Waals surface area contributed by atoms with Crippen molar-refractivity contribution < 1.29 is 9.53 Å². The number of likely N-dealkylation sites (N-methyl/N-ethyl adjacent to an activating group) is 1. The van der Waals surface area contributed by atoms with E-state index in [0.29, 0.717) is 18.4 Å². The first-order chi connectivity index (χ1) is 11.7. The van der Waals surface area contributed by atoms with Crippen LogP contribution in [-0.2, 0) is 16.1 Å². The van der Waals surface area contributed by atoms with Crippen LogP contribution in [0.15, 0.2) is 16.8 Å². The molecule has 5 nitrogen and oxygen atoms in total. The topological polar surface area (TPSA) is 36.0 Å². The Balaban J connectivity index is 1.23. The predicted molar refractivity (Wildman–Crippen MR) is 95.1 cm³/mol. The van der Waals surface area contributed by atoms with Gasteiger partial charge < -0.3 is 14.5 Å². The summed E-state index contributed by atoms with van der Waals surface area (Å²) < 4.78 is 6.22. The van der Waals surface area contributed by atoms with Gasteiger partial charge >= 0.3 is 0 Å². The summed E-state index contributed by atoms with van der Waals surface area (Å²) in [4.78, 5) is 19.3. The number of carbonyl (C=O) groups is 1. The summed E-state index contributed by atoms with van der Waals surface area (Å²) in [6.07, 6.45) is 2.08. The van der Waals surface area contributed by atoms with Crippen LogP contribution in [0, 0.1) is 5.92 Å². The number of likely N-dealkylation sites (tertiary alicyclic amines) is 1. The average Bonchev–Trinajstić information content (AvgIpc) is 3.25. The molecule has 3 saturated heterocycles. The van der Waals surface area contributed by atoms with Gasteiger partial charge in [-0.3, -0.25) is 9.69 Å². The van der Waals surface area contributed by atoms with Crippen LogP contribution >= 0.6 is 11.3 Å². The molecule has 0 spiro atoms. The second-order valence-corrected chi connectivity index (χ2v) is 8.29. The Kier molecular flexibility index (Phi) is 4.90. The van der Waals surface area contributed by atoms with Crippen LogP contribution in [-0.4, -0.2) is 79.1 Å². The fraction of sp³-hybridized carbons (Fsp3) is 0.722. The van der Waals surface area contributed by atoms with Crippen LogP contribution < -0.4 is 0 Å². The van der Waals surface area contributed by atoms with E-state index >= 15 is 0 Å². The number of ether oxygens (including phenoxy) is 1. The zero-order valence-corrected chi connectivity index (χ0v) is 15.2. The standard InChI is InChI=1S/C18H27N3O2S/c1-19-3-5-21(6-4-19)18(22)9-16-8-15-11-20(12-17(15)23-16)10-14-2-7-24-13-14/h2,7,13,15-17H,3-6,8-12H2,1H3/t15-,16+,17+/m1/s1. The summed E-state index contributed by atoms with van der Waals surface area (Å²) in [6, 6.07) is 2.21. The number of carbonyl (C=O) groups excluding carboxylic acids is 1. The van der Waals surface area contributed by atoms with Crippen LogP contribution in [0.25, 0.3) is 0 Å². The molecule has 1 aromatic heterocycles. The molecule has 0 aliphatic carbocycles. The molecule has 3 fully saturated rings. The smallest absolute Gasteiger partial charge is 0.225 e. The maximum atomic E-state index is 12.5. The van der Waals surface area contributed by atoms with Gasteiger partial charge in [0.25, 0.3) is 0 Å². The van der Waals surface area contributed by atoms with E-state index in [1.807, 2.05) is 4.90 Å². The molecule has 0 N–H and O–H groups in total. The molecular weight excluding hydrogens is 322 g/mol. The van der Waals surface area contributed by atoms with Crippen molar-refractivity contribution in [2.24, 2.45) is 5.92 Å². The number of nitrogens with zero attached hydrogens (tertiary/aromatic N) is 3. The first-order valence-electron chi connectivity index (χ1n) is 9.02. The van der Waals surface area contributed by atoms with Crippen LogP contribution in [0.3, 0.4) is 0 Å². The number of hydrogen-bond acceptors (Lipinski definition) is 5. The van der Waals surface area contributed by atoms with Gasteiger partial charge in [-0.05, 0) is 35.9 Å². The van der Waals surface area contributed by atoms with Gasteiger partial charge in [-0.25, -0.2) is 0 Å². The SMILES string of the molecule is CN1CCN(C(=O)C[C@@H]2C[C@@H]3CN(Cc4ccsc4)C[C@@H]3O2)CC1. The molecule has 3 atom stereocenters. The number of hydrogen-bond donors (Lipinski definition) is 0. The lowest BCUT2D eigenvalue weighted by molar-refractivity contribution is -0.135. The lowest BCUT2D eigenvalue weighted by atomic mass is 10.0. The maximum absolute atomic E-state index is 12.5. The molecule has 0 radical (unpaired) electrons. The van der Waals surface area contributed by atoms with E-state index in [1.54, 1.807) is 11.3 Å². The van der Waals surface area contributed by atoms with Crippen molar-refractivity contribution in [1.29, 1.82) is 0 Å². The van der Waals surface area contributed by atoms with Gasteiger partial charge in [-0.2, -0.15) is 11.3 Å². The van der Waals surface area contributed by atoms with Crippen LogP contribution in [0.5, 0.6) is 0 Å². The lowest BCUT2D eigenvalue weighted by Crippen LogP contribution is -2.47. The molecule has 0 unspecified atom stereocenters. The summed E-state index contributed by atoms with van der Waals surface area (Å²) in [5, 5.41) is 4.37. The largest absolute Gasteiger partial charge is 0.373 e. The second-order valence-electron chi connectivity index (χ2n) is 7.51. The van der Waals surface area contributed by atoms with Gasteiger partial charge in [0.05, 0.1) is 18.6 Å². The van der Waals surface area contributed by atoms with Gasteiger partial charge in [0.1, 0.15) is 0 Å². The Morgan fingerprint density at radius 1 is 1.29 bits per heavy atom. The fourth-order valence-electron chi connectivity index (χ4n) is 4.23. The molecule has 6 heteroatoms. The van der Waals surface area contributed by atoms with Crippen molar-refractivity contribution in [2.75, 3.05) is 46.3 Å². The van der Waals surface area contributed by atoms with Gasteiger partial charge in [0.2, 0.25) is 5.91 Å². The molecule has 4 heterocycles. The van der Waals surface area contributed by atoms with Crippen molar-refractivity contribution in [1.82, 2.24) is 14.7 Å². The summed E-state index contributed by atoms with van der Waals surface area (Å²) in [5.41, 5.74) is 1.40. The molecule has 4 rings (SSSR count). The minimum atomic E-state index is 0.135. The normalized spacial score (nSPS) is 31.5. The van der Waals surface area contributed by atoms with Crippen molar-refractivity contribution in [3.05, 3.63) is 22.4 Å². The van der Waals surface area contributed by atoms with Crippen molar-refractivity contribution in [3.8, 4) is 0 Å². The Morgan fingerprint density at radius 2 is 2.12 bits per heavy atom. The van der Waals surface area contributed by atoms with E-state index in [0.717, 1.165) is 52.2 Å². The first kappa shape index (κ1) is 16.5. The molecule has 3 aliphatic rings. The summed E-state index contributed by atoms with van der Waals surface area (Å²) in [7, 11) is 2.12.